The largest absolute Gasteiger partial charge is 0.354 e. The van der Waals surface area contributed by atoms with Crippen molar-refractivity contribution in [1.29, 1.82) is 0 Å². The molecule has 0 radical (unpaired) electrons. The molecule has 0 fully saturated rings. The molecule has 1 N–H and O–H groups in total. The van der Waals surface area contributed by atoms with Crippen LogP contribution in [0.5, 0.6) is 0 Å². The summed E-state index contributed by atoms with van der Waals surface area (Å²) in [7, 11) is -4.34. The summed E-state index contributed by atoms with van der Waals surface area (Å²) >= 11 is 13.0. The Bertz CT molecular complexity index is 1650. The quantitative estimate of drug-likeness (QED) is 0.178. The number of anilines is 1. The number of sulfonamides is 1. The van der Waals surface area contributed by atoms with Crippen molar-refractivity contribution in [3.8, 4) is 0 Å². The van der Waals surface area contributed by atoms with Crippen LogP contribution in [0, 0.1) is 5.82 Å². The highest BCUT2D eigenvalue weighted by Gasteiger charge is 2.35. The lowest BCUT2D eigenvalue weighted by Gasteiger charge is -2.34. The Morgan fingerprint density at radius 3 is 2.02 bits per heavy atom. The van der Waals surface area contributed by atoms with E-state index in [0.29, 0.717) is 28.6 Å². The Morgan fingerprint density at radius 2 is 1.43 bits per heavy atom. The van der Waals surface area contributed by atoms with Crippen LogP contribution < -0.4 is 9.62 Å². The van der Waals surface area contributed by atoms with E-state index < -0.39 is 40.2 Å². The Labute approximate surface area is 267 Å². The number of benzene rings is 4. The third kappa shape index (κ3) is 8.16. The number of hydrogen-bond acceptors (Lipinski definition) is 4. The van der Waals surface area contributed by atoms with Gasteiger partial charge in [0.2, 0.25) is 11.8 Å². The zero-order valence-electron chi connectivity index (χ0n) is 24.0. The van der Waals surface area contributed by atoms with E-state index in [0.717, 1.165) is 34.1 Å². The Hall–Kier alpha value is -3.92. The minimum atomic E-state index is -4.34. The predicted molar refractivity (Wildman–Crippen MR) is 172 cm³/mol. The summed E-state index contributed by atoms with van der Waals surface area (Å²) in [6.07, 6.45) is 0.825. The SMILES string of the molecule is CCCNC(=O)[C@H](Cc1ccccc1)N(Cc1c(Cl)cccc1Cl)C(=O)CN(c1ccccc1)S(=O)(=O)c1ccc(F)cc1. The van der Waals surface area contributed by atoms with Crippen molar-refractivity contribution in [1.82, 2.24) is 10.2 Å². The van der Waals surface area contributed by atoms with Crippen LogP contribution in [0.15, 0.2) is 108 Å². The number of carbonyl (C=O) groups excluding carboxylic acids is 2. The van der Waals surface area contributed by atoms with Gasteiger partial charge in [0.05, 0.1) is 10.6 Å². The highest BCUT2D eigenvalue weighted by atomic mass is 35.5. The van der Waals surface area contributed by atoms with Gasteiger partial charge in [0.15, 0.2) is 0 Å². The number of carbonyl (C=O) groups is 2. The summed E-state index contributed by atoms with van der Waals surface area (Å²) in [4.78, 5) is 29.2. The highest BCUT2D eigenvalue weighted by molar-refractivity contribution is 7.92. The number of rotatable bonds is 13. The van der Waals surface area contributed by atoms with Crippen molar-refractivity contribution in [2.24, 2.45) is 0 Å². The van der Waals surface area contributed by atoms with E-state index in [1.807, 2.05) is 37.3 Å². The molecule has 0 spiro atoms. The van der Waals surface area contributed by atoms with Crippen LogP contribution in [-0.2, 0) is 32.6 Å². The maximum atomic E-state index is 14.4. The second-order valence-corrected chi connectivity index (χ2v) is 12.7. The fraction of sp³-hybridized carbons (Fsp3) is 0.212. The van der Waals surface area contributed by atoms with Gasteiger partial charge in [0, 0.05) is 35.1 Å². The molecule has 0 aromatic heterocycles. The molecule has 4 aromatic rings. The van der Waals surface area contributed by atoms with Gasteiger partial charge in [-0.15, -0.1) is 0 Å². The molecule has 1 atom stereocenters. The summed E-state index contributed by atoms with van der Waals surface area (Å²) < 4.78 is 42.5. The first-order valence-electron chi connectivity index (χ1n) is 14.0. The monoisotopic (exact) mass is 655 g/mol. The lowest BCUT2D eigenvalue weighted by atomic mass is 10.0. The fourth-order valence-electron chi connectivity index (χ4n) is 4.63. The van der Waals surface area contributed by atoms with Gasteiger partial charge in [0.25, 0.3) is 10.0 Å². The Kier molecular flexibility index (Phi) is 11.4. The van der Waals surface area contributed by atoms with Crippen LogP contribution in [0.2, 0.25) is 10.0 Å². The normalized spacial score (nSPS) is 11.9. The summed E-state index contributed by atoms with van der Waals surface area (Å²) in [5.41, 5.74) is 1.43. The molecule has 0 bridgehead atoms. The average molecular weight is 657 g/mol. The molecular formula is C33H32Cl2FN3O4S. The summed E-state index contributed by atoms with van der Waals surface area (Å²) in [6, 6.07) is 25.6. The topological polar surface area (TPSA) is 86.8 Å². The van der Waals surface area contributed by atoms with Crippen molar-refractivity contribution in [3.63, 3.8) is 0 Å². The maximum absolute atomic E-state index is 14.4. The van der Waals surface area contributed by atoms with Gasteiger partial charge < -0.3 is 10.2 Å². The van der Waals surface area contributed by atoms with E-state index >= 15 is 0 Å². The molecule has 4 rings (SSSR count). The van der Waals surface area contributed by atoms with Crippen molar-refractivity contribution in [2.45, 2.75) is 37.2 Å². The Morgan fingerprint density at radius 1 is 0.841 bits per heavy atom. The molecule has 0 saturated heterocycles. The maximum Gasteiger partial charge on any atom is 0.264 e. The third-order valence-electron chi connectivity index (χ3n) is 6.94. The second-order valence-electron chi connectivity index (χ2n) is 10.0. The van der Waals surface area contributed by atoms with Crippen LogP contribution in [-0.4, -0.2) is 44.3 Å². The molecule has 11 heteroatoms. The third-order valence-corrected chi connectivity index (χ3v) is 9.43. The predicted octanol–water partition coefficient (Wildman–Crippen LogP) is 6.49. The molecule has 2 amide bonds. The van der Waals surface area contributed by atoms with Gasteiger partial charge in [-0.05, 0) is 60.5 Å². The van der Waals surface area contributed by atoms with Gasteiger partial charge in [-0.1, -0.05) is 84.7 Å². The number of nitrogens with zero attached hydrogens (tertiary/aromatic N) is 2. The molecule has 0 saturated carbocycles. The summed E-state index contributed by atoms with van der Waals surface area (Å²) in [6.45, 7) is 1.48. The molecule has 0 heterocycles. The second kappa shape index (κ2) is 15.2. The molecule has 7 nitrogen and oxygen atoms in total. The van der Waals surface area contributed by atoms with Crippen LogP contribution in [0.25, 0.3) is 0 Å². The number of hydrogen-bond donors (Lipinski definition) is 1. The van der Waals surface area contributed by atoms with Gasteiger partial charge >= 0.3 is 0 Å². The Balaban J connectivity index is 1.81. The number of amides is 2. The first-order chi connectivity index (χ1) is 21.1. The van der Waals surface area contributed by atoms with E-state index in [9.17, 15) is 22.4 Å². The van der Waals surface area contributed by atoms with Crippen LogP contribution >= 0.6 is 23.2 Å². The highest BCUT2D eigenvalue weighted by Crippen LogP contribution is 2.29. The van der Waals surface area contributed by atoms with Crippen molar-refractivity contribution >= 4 is 50.7 Å². The lowest BCUT2D eigenvalue weighted by molar-refractivity contribution is -0.140. The number of para-hydroxylation sites is 1. The molecule has 0 aliphatic heterocycles. The number of halogens is 3. The average Bonchev–Trinajstić information content (AvgIpc) is 3.02. The van der Waals surface area contributed by atoms with Crippen LogP contribution in [0.3, 0.4) is 0 Å². The molecule has 44 heavy (non-hydrogen) atoms. The smallest absolute Gasteiger partial charge is 0.264 e. The zero-order chi connectivity index (χ0) is 31.7. The lowest BCUT2D eigenvalue weighted by Crippen LogP contribution is -2.53. The van der Waals surface area contributed by atoms with Crippen molar-refractivity contribution < 1.29 is 22.4 Å². The van der Waals surface area contributed by atoms with Gasteiger partial charge in [-0.3, -0.25) is 13.9 Å². The van der Waals surface area contributed by atoms with Crippen molar-refractivity contribution in [3.05, 3.63) is 130 Å². The minimum absolute atomic E-state index is 0.153. The standard InChI is InChI=1S/C33H32Cl2FN3O4S/c1-2-20-37-33(41)31(21-24-10-5-3-6-11-24)38(22-28-29(34)14-9-15-30(28)35)32(40)23-39(26-12-7-4-8-13-26)44(42,43)27-18-16-25(36)17-19-27/h3-19,31H,2,20-23H2,1H3,(H,37,41)/t31-/m0/s1. The first kappa shape index (κ1) is 33.0. The molecule has 0 unspecified atom stereocenters. The van der Waals surface area contributed by atoms with E-state index in [1.165, 1.54) is 4.90 Å². The molecule has 0 aliphatic carbocycles. The van der Waals surface area contributed by atoms with Gasteiger partial charge in [-0.25, -0.2) is 12.8 Å². The van der Waals surface area contributed by atoms with E-state index in [4.69, 9.17) is 23.2 Å². The molecule has 4 aromatic carbocycles. The van der Waals surface area contributed by atoms with E-state index in [2.05, 4.69) is 5.32 Å². The first-order valence-corrected chi connectivity index (χ1v) is 16.2. The number of nitrogens with one attached hydrogen (secondary N) is 1. The van der Waals surface area contributed by atoms with E-state index in [-0.39, 0.29) is 23.5 Å². The van der Waals surface area contributed by atoms with E-state index in [1.54, 1.807) is 48.5 Å². The molecule has 0 aliphatic rings. The molecular weight excluding hydrogens is 624 g/mol. The molecule has 230 valence electrons. The van der Waals surface area contributed by atoms with Gasteiger partial charge in [-0.2, -0.15) is 0 Å². The van der Waals surface area contributed by atoms with Gasteiger partial charge in [0.1, 0.15) is 18.4 Å². The fourth-order valence-corrected chi connectivity index (χ4v) is 6.56. The zero-order valence-corrected chi connectivity index (χ0v) is 26.3. The summed E-state index contributed by atoms with van der Waals surface area (Å²) in [5.74, 6) is -1.67. The summed E-state index contributed by atoms with van der Waals surface area (Å²) in [5, 5.41) is 3.47. The van der Waals surface area contributed by atoms with Crippen LogP contribution in [0.4, 0.5) is 10.1 Å². The van der Waals surface area contributed by atoms with Crippen molar-refractivity contribution in [2.75, 3.05) is 17.4 Å². The van der Waals surface area contributed by atoms with Crippen LogP contribution in [0.1, 0.15) is 24.5 Å². The minimum Gasteiger partial charge on any atom is -0.354 e.